The van der Waals surface area contributed by atoms with Crippen molar-refractivity contribution in [1.29, 1.82) is 0 Å². The molecule has 1 saturated carbocycles. The number of benzene rings is 2. The van der Waals surface area contributed by atoms with Gasteiger partial charge in [0.25, 0.3) is 0 Å². The number of rotatable bonds is 11. The Morgan fingerprint density at radius 2 is 1.51 bits per heavy atom. The van der Waals surface area contributed by atoms with E-state index in [1.165, 1.54) is 60.9 Å². The second-order valence-electron chi connectivity index (χ2n) is 13.0. The summed E-state index contributed by atoms with van der Waals surface area (Å²) >= 11 is 1.90. The Morgan fingerprint density at radius 1 is 0.860 bits per heavy atom. The molecule has 2 N–H and O–H groups in total. The van der Waals surface area contributed by atoms with Crippen molar-refractivity contribution >= 4 is 11.3 Å². The highest BCUT2D eigenvalue weighted by molar-refractivity contribution is 7.10. The average molecular weight is 597 g/mol. The van der Waals surface area contributed by atoms with Crippen LogP contribution in [0.25, 0.3) is 0 Å². The summed E-state index contributed by atoms with van der Waals surface area (Å²) in [5.41, 5.74) is 10.4. The summed E-state index contributed by atoms with van der Waals surface area (Å²) in [6, 6.07) is 26.2. The molecule has 1 aliphatic heterocycles. The Bertz CT molecular complexity index is 1370. The lowest BCUT2D eigenvalue weighted by Gasteiger charge is -2.42. The maximum Gasteiger partial charge on any atom is 0.212 e. The number of hydrogen-bond donors (Lipinski definition) is 1. The number of thiophene rings is 1. The first-order valence-corrected chi connectivity index (χ1v) is 17.2. The first-order valence-electron chi connectivity index (χ1n) is 16.3. The van der Waals surface area contributed by atoms with E-state index in [0.717, 1.165) is 43.3 Å². The molecule has 6 rings (SSSR count). The predicted molar refractivity (Wildman–Crippen MR) is 177 cm³/mol. The van der Waals surface area contributed by atoms with Crippen molar-refractivity contribution in [3.8, 4) is 0 Å². The van der Waals surface area contributed by atoms with E-state index in [1.54, 1.807) is 0 Å². The van der Waals surface area contributed by atoms with Gasteiger partial charge in [0.1, 0.15) is 5.76 Å². The van der Waals surface area contributed by atoms with Gasteiger partial charge in [0.2, 0.25) is 5.89 Å². The standard InChI is InChI=1S/C37H48N4OS/c1-40(2)34(33-17-12-24-43-33)29-18-20-30(21-19-29)35(41-22-10-5-11-23-41)37-39-32(26-28-15-8-4-9-16-28)36(42-37)31(38)25-27-13-6-3-7-14-27/h3-4,6-9,12-17,24,29-31,34-35H,5,10-11,18-23,25-26,38H2,1-2H3. The first kappa shape index (κ1) is 30.3. The molecule has 43 heavy (non-hydrogen) atoms. The molecule has 2 fully saturated rings. The molecule has 1 aliphatic carbocycles. The quantitative estimate of drug-likeness (QED) is 0.189. The zero-order valence-electron chi connectivity index (χ0n) is 25.9. The second-order valence-corrected chi connectivity index (χ2v) is 13.9. The van der Waals surface area contributed by atoms with Crippen LogP contribution < -0.4 is 5.73 Å². The van der Waals surface area contributed by atoms with Gasteiger partial charge in [0.05, 0.1) is 17.8 Å². The maximum atomic E-state index is 6.93. The van der Waals surface area contributed by atoms with Crippen LogP contribution in [0.5, 0.6) is 0 Å². The van der Waals surface area contributed by atoms with E-state index < -0.39 is 0 Å². The van der Waals surface area contributed by atoms with Gasteiger partial charge in [-0.15, -0.1) is 11.3 Å². The lowest BCUT2D eigenvalue weighted by Crippen LogP contribution is -2.40. The van der Waals surface area contributed by atoms with Crippen molar-refractivity contribution in [1.82, 2.24) is 14.8 Å². The third kappa shape index (κ3) is 7.31. The fourth-order valence-corrected chi connectivity index (χ4v) is 8.69. The fourth-order valence-electron chi connectivity index (χ4n) is 7.67. The maximum absolute atomic E-state index is 6.93. The lowest BCUT2D eigenvalue weighted by molar-refractivity contribution is 0.0553. The van der Waals surface area contributed by atoms with Gasteiger partial charge < -0.3 is 15.1 Å². The predicted octanol–water partition coefficient (Wildman–Crippen LogP) is 8.21. The zero-order chi connectivity index (χ0) is 29.6. The highest BCUT2D eigenvalue weighted by atomic mass is 32.1. The van der Waals surface area contributed by atoms with E-state index in [0.29, 0.717) is 17.9 Å². The summed E-state index contributed by atoms with van der Waals surface area (Å²) in [4.78, 5) is 12.0. The molecule has 2 aromatic carbocycles. The molecule has 2 aliphatic rings. The van der Waals surface area contributed by atoms with Gasteiger partial charge in [-0.25, -0.2) is 4.98 Å². The summed E-state index contributed by atoms with van der Waals surface area (Å²) in [5.74, 6) is 2.99. The molecule has 6 heteroatoms. The largest absolute Gasteiger partial charge is 0.442 e. The van der Waals surface area contributed by atoms with Crippen LogP contribution in [0.15, 0.2) is 82.6 Å². The highest BCUT2D eigenvalue weighted by Gasteiger charge is 2.39. The van der Waals surface area contributed by atoms with Crippen molar-refractivity contribution in [2.24, 2.45) is 17.6 Å². The molecule has 3 atom stereocenters. The Morgan fingerprint density at radius 3 is 2.14 bits per heavy atom. The third-order valence-electron chi connectivity index (χ3n) is 9.73. The molecule has 0 amide bonds. The van der Waals surface area contributed by atoms with Crippen molar-refractivity contribution in [3.05, 3.63) is 112 Å². The SMILES string of the molecule is CN(C)C(c1cccs1)C1CCC(C(c2nc(Cc3ccccc3)c(C(N)Cc3ccccc3)o2)N2CCCCC2)CC1. The van der Waals surface area contributed by atoms with Gasteiger partial charge in [0.15, 0.2) is 0 Å². The van der Waals surface area contributed by atoms with Crippen LogP contribution in [0.2, 0.25) is 0 Å². The minimum absolute atomic E-state index is 0.216. The molecule has 0 spiro atoms. The molecular weight excluding hydrogens is 549 g/mol. The normalized spacial score (nSPS) is 22.0. The van der Waals surface area contributed by atoms with E-state index in [9.17, 15) is 0 Å². The highest BCUT2D eigenvalue weighted by Crippen LogP contribution is 2.46. The minimum Gasteiger partial charge on any atom is -0.442 e. The summed E-state index contributed by atoms with van der Waals surface area (Å²) in [5, 5.41) is 2.22. The number of nitrogens with zero attached hydrogens (tertiary/aromatic N) is 3. The van der Waals surface area contributed by atoms with Gasteiger partial charge in [-0.3, -0.25) is 4.90 Å². The van der Waals surface area contributed by atoms with E-state index in [2.05, 4.69) is 102 Å². The smallest absolute Gasteiger partial charge is 0.212 e. The van der Waals surface area contributed by atoms with E-state index in [-0.39, 0.29) is 12.1 Å². The van der Waals surface area contributed by atoms with Gasteiger partial charge >= 0.3 is 0 Å². The molecule has 5 nitrogen and oxygen atoms in total. The van der Waals surface area contributed by atoms with Crippen LogP contribution >= 0.6 is 11.3 Å². The van der Waals surface area contributed by atoms with Crippen LogP contribution in [0.4, 0.5) is 0 Å². The number of likely N-dealkylation sites (tertiary alicyclic amines) is 1. The first-order chi connectivity index (χ1) is 21.1. The molecule has 3 heterocycles. The number of aromatic nitrogens is 1. The van der Waals surface area contributed by atoms with Crippen LogP contribution in [0, 0.1) is 11.8 Å². The van der Waals surface area contributed by atoms with Gasteiger partial charge in [-0.2, -0.15) is 0 Å². The number of hydrogen-bond acceptors (Lipinski definition) is 6. The van der Waals surface area contributed by atoms with Gasteiger partial charge in [-0.1, -0.05) is 73.2 Å². The average Bonchev–Trinajstić information content (AvgIpc) is 3.70. The molecule has 0 bridgehead atoms. The number of piperidine rings is 1. The van der Waals surface area contributed by atoms with Crippen molar-refractivity contribution in [2.75, 3.05) is 27.2 Å². The summed E-state index contributed by atoms with van der Waals surface area (Å²) < 4.78 is 6.88. The zero-order valence-corrected chi connectivity index (χ0v) is 26.7. The topological polar surface area (TPSA) is 58.5 Å². The van der Waals surface area contributed by atoms with Crippen LogP contribution in [0.1, 0.15) is 96.4 Å². The summed E-state index contributed by atoms with van der Waals surface area (Å²) in [6.45, 7) is 2.25. The Hall–Kier alpha value is -2.77. The van der Waals surface area contributed by atoms with Crippen molar-refractivity contribution in [2.45, 2.75) is 75.9 Å². The second kappa shape index (κ2) is 14.3. The Kier molecular flexibility index (Phi) is 10.1. The van der Waals surface area contributed by atoms with Crippen LogP contribution in [-0.4, -0.2) is 42.0 Å². The van der Waals surface area contributed by atoms with E-state index in [1.807, 2.05) is 11.3 Å². The van der Waals surface area contributed by atoms with Crippen molar-refractivity contribution < 1.29 is 4.42 Å². The lowest BCUT2D eigenvalue weighted by atomic mass is 9.74. The molecule has 4 aromatic rings. The molecule has 228 valence electrons. The van der Waals surface area contributed by atoms with E-state index in [4.69, 9.17) is 15.1 Å². The fraction of sp³-hybridized carbons (Fsp3) is 0.486. The molecule has 3 unspecified atom stereocenters. The monoisotopic (exact) mass is 596 g/mol. The molecule has 1 saturated heterocycles. The van der Waals surface area contributed by atoms with Crippen LogP contribution in [-0.2, 0) is 12.8 Å². The van der Waals surface area contributed by atoms with Crippen LogP contribution in [0.3, 0.4) is 0 Å². The number of oxazole rings is 1. The van der Waals surface area contributed by atoms with Gasteiger partial charge in [0, 0.05) is 17.3 Å². The molecule has 0 radical (unpaired) electrons. The third-order valence-corrected chi connectivity index (χ3v) is 10.7. The summed E-state index contributed by atoms with van der Waals surface area (Å²) in [6.07, 6.45) is 10.2. The Labute approximate surface area is 262 Å². The van der Waals surface area contributed by atoms with Gasteiger partial charge in [-0.05, 0) is 107 Å². The van der Waals surface area contributed by atoms with Crippen molar-refractivity contribution in [3.63, 3.8) is 0 Å². The Balaban J connectivity index is 1.28. The molecular formula is C37H48N4OS. The minimum atomic E-state index is -0.230. The number of nitrogens with two attached hydrogens (primary N) is 1. The summed E-state index contributed by atoms with van der Waals surface area (Å²) in [7, 11) is 4.49. The van der Waals surface area contributed by atoms with E-state index >= 15 is 0 Å². The molecule has 2 aromatic heterocycles.